The molecular weight excluding hydrogens is 212 g/mol. The van der Waals surface area contributed by atoms with Gasteiger partial charge in [0, 0.05) is 26.3 Å². The highest BCUT2D eigenvalue weighted by molar-refractivity contribution is 5.99. The molecule has 0 saturated heterocycles. The Balaban J connectivity index is 2.95. The van der Waals surface area contributed by atoms with Crippen LogP contribution in [0, 0.1) is 12.8 Å². The number of anilines is 1. The van der Waals surface area contributed by atoms with E-state index in [4.69, 9.17) is 0 Å². The molecule has 0 unspecified atom stereocenters. The van der Waals surface area contributed by atoms with E-state index in [2.05, 4.69) is 19.2 Å². The molecule has 0 heterocycles. The van der Waals surface area contributed by atoms with Crippen LogP contribution in [0.5, 0.6) is 0 Å². The molecule has 1 N–H and O–H groups in total. The van der Waals surface area contributed by atoms with Gasteiger partial charge in [0.15, 0.2) is 0 Å². The summed E-state index contributed by atoms with van der Waals surface area (Å²) >= 11 is 0. The Labute approximate surface area is 104 Å². The highest BCUT2D eigenvalue weighted by Gasteiger charge is 2.15. The monoisotopic (exact) mass is 234 g/mol. The number of hydrogen-bond acceptors (Lipinski definition) is 2. The van der Waals surface area contributed by atoms with Crippen molar-refractivity contribution >= 4 is 11.6 Å². The maximum absolute atomic E-state index is 12.3. The number of carbonyl (C=O) groups excluding carboxylic acids is 1. The smallest absolute Gasteiger partial charge is 0.255 e. The first-order valence-electron chi connectivity index (χ1n) is 5.99. The van der Waals surface area contributed by atoms with E-state index in [1.165, 1.54) is 0 Å². The molecule has 0 aliphatic rings. The minimum absolute atomic E-state index is 0.0723. The number of aryl methyl sites for hydroxylation is 1. The van der Waals surface area contributed by atoms with Crippen LogP contribution in [0.3, 0.4) is 0 Å². The fourth-order valence-electron chi connectivity index (χ4n) is 1.89. The molecule has 1 rings (SSSR count). The van der Waals surface area contributed by atoms with Crippen molar-refractivity contribution in [1.82, 2.24) is 4.90 Å². The zero-order valence-corrected chi connectivity index (χ0v) is 11.4. The molecule has 1 aromatic rings. The minimum atomic E-state index is 0.0723. The highest BCUT2D eigenvalue weighted by atomic mass is 16.2. The molecule has 0 aliphatic heterocycles. The van der Waals surface area contributed by atoms with Crippen LogP contribution in [0.4, 0.5) is 5.69 Å². The van der Waals surface area contributed by atoms with E-state index in [0.29, 0.717) is 5.92 Å². The molecular formula is C14H22N2O. The van der Waals surface area contributed by atoms with E-state index >= 15 is 0 Å². The van der Waals surface area contributed by atoms with Crippen molar-refractivity contribution in [3.63, 3.8) is 0 Å². The van der Waals surface area contributed by atoms with Gasteiger partial charge in [0.05, 0.1) is 5.56 Å². The molecule has 3 heteroatoms. The van der Waals surface area contributed by atoms with Crippen molar-refractivity contribution in [2.45, 2.75) is 20.8 Å². The van der Waals surface area contributed by atoms with Crippen LogP contribution in [0.2, 0.25) is 0 Å². The maximum atomic E-state index is 12.3. The molecule has 0 fully saturated rings. The molecule has 0 aliphatic carbocycles. The molecule has 0 bridgehead atoms. The largest absolute Gasteiger partial charge is 0.387 e. The first-order chi connectivity index (χ1) is 7.95. The van der Waals surface area contributed by atoms with E-state index in [1.54, 1.807) is 4.90 Å². The van der Waals surface area contributed by atoms with E-state index in [9.17, 15) is 4.79 Å². The summed E-state index contributed by atoms with van der Waals surface area (Å²) in [6.07, 6.45) is 0. The summed E-state index contributed by atoms with van der Waals surface area (Å²) in [6.45, 7) is 7.01. The molecule has 0 radical (unpaired) electrons. The Morgan fingerprint density at radius 1 is 1.41 bits per heavy atom. The summed E-state index contributed by atoms with van der Waals surface area (Å²) in [7, 11) is 3.69. The summed E-state index contributed by atoms with van der Waals surface area (Å²) < 4.78 is 0. The number of amides is 1. The normalized spacial score (nSPS) is 10.5. The third-order valence-electron chi connectivity index (χ3n) is 2.66. The first kappa shape index (κ1) is 13.6. The Hall–Kier alpha value is -1.51. The number of nitrogens with one attached hydrogen (secondary N) is 1. The van der Waals surface area contributed by atoms with Crippen LogP contribution in [0.1, 0.15) is 29.8 Å². The molecule has 17 heavy (non-hydrogen) atoms. The van der Waals surface area contributed by atoms with Crippen LogP contribution < -0.4 is 5.32 Å². The predicted molar refractivity (Wildman–Crippen MR) is 72.5 cm³/mol. The van der Waals surface area contributed by atoms with Gasteiger partial charge in [-0.05, 0) is 30.5 Å². The summed E-state index contributed by atoms with van der Waals surface area (Å²) in [5.74, 6) is 0.551. The fraction of sp³-hybridized carbons (Fsp3) is 0.500. The van der Waals surface area contributed by atoms with Gasteiger partial charge in [-0.1, -0.05) is 19.9 Å². The predicted octanol–water partition coefficient (Wildman–Crippen LogP) is 2.76. The molecule has 0 saturated carbocycles. The summed E-state index contributed by atoms with van der Waals surface area (Å²) in [5, 5.41) is 3.08. The van der Waals surface area contributed by atoms with Crippen molar-refractivity contribution in [1.29, 1.82) is 0 Å². The average Bonchev–Trinajstić information content (AvgIpc) is 2.27. The topological polar surface area (TPSA) is 32.3 Å². The molecule has 0 spiro atoms. The van der Waals surface area contributed by atoms with Crippen molar-refractivity contribution in [2.24, 2.45) is 5.92 Å². The highest BCUT2D eigenvalue weighted by Crippen LogP contribution is 2.18. The van der Waals surface area contributed by atoms with Crippen molar-refractivity contribution in [3.8, 4) is 0 Å². The van der Waals surface area contributed by atoms with E-state index in [0.717, 1.165) is 23.4 Å². The van der Waals surface area contributed by atoms with Gasteiger partial charge in [-0.3, -0.25) is 4.79 Å². The van der Waals surface area contributed by atoms with E-state index < -0.39 is 0 Å². The second-order valence-electron chi connectivity index (χ2n) is 4.88. The second-order valence-corrected chi connectivity index (χ2v) is 4.88. The zero-order chi connectivity index (χ0) is 13.0. The van der Waals surface area contributed by atoms with Crippen molar-refractivity contribution in [3.05, 3.63) is 29.3 Å². The van der Waals surface area contributed by atoms with E-state index in [1.807, 2.05) is 39.2 Å². The lowest BCUT2D eigenvalue weighted by atomic mass is 10.1. The first-order valence-corrected chi connectivity index (χ1v) is 5.99. The Morgan fingerprint density at radius 2 is 2.06 bits per heavy atom. The van der Waals surface area contributed by atoms with E-state index in [-0.39, 0.29) is 5.91 Å². The standard InChI is InChI=1S/C14H22N2O/c1-10(2)9-16(5)14(17)12-7-6-11(3)8-13(12)15-4/h6-8,10,15H,9H2,1-5H3. The van der Waals surface area contributed by atoms with Gasteiger partial charge in [-0.15, -0.1) is 0 Å². The van der Waals surface area contributed by atoms with Gasteiger partial charge >= 0.3 is 0 Å². The average molecular weight is 234 g/mol. The van der Waals surface area contributed by atoms with Crippen LogP contribution in [-0.2, 0) is 0 Å². The molecule has 0 atom stereocenters. The Morgan fingerprint density at radius 3 is 2.59 bits per heavy atom. The van der Waals surface area contributed by atoms with Crippen LogP contribution in [0.15, 0.2) is 18.2 Å². The molecule has 1 amide bonds. The number of benzene rings is 1. The van der Waals surface area contributed by atoms with Crippen LogP contribution in [0.25, 0.3) is 0 Å². The second kappa shape index (κ2) is 5.71. The third kappa shape index (κ3) is 3.48. The number of nitrogens with zero attached hydrogens (tertiary/aromatic N) is 1. The van der Waals surface area contributed by atoms with Gasteiger partial charge < -0.3 is 10.2 Å². The van der Waals surface area contributed by atoms with Gasteiger partial charge in [0.25, 0.3) is 5.91 Å². The zero-order valence-electron chi connectivity index (χ0n) is 11.4. The Kier molecular flexibility index (Phi) is 4.55. The summed E-state index contributed by atoms with van der Waals surface area (Å²) in [5.41, 5.74) is 2.78. The lowest BCUT2D eigenvalue weighted by Gasteiger charge is -2.21. The number of rotatable bonds is 4. The molecule has 0 aromatic heterocycles. The summed E-state index contributed by atoms with van der Waals surface area (Å²) in [6, 6.07) is 5.86. The quantitative estimate of drug-likeness (QED) is 0.868. The van der Waals surface area contributed by atoms with Gasteiger partial charge in [0.1, 0.15) is 0 Å². The van der Waals surface area contributed by atoms with Gasteiger partial charge in [-0.25, -0.2) is 0 Å². The lowest BCUT2D eigenvalue weighted by Crippen LogP contribution is -2.30. The molecule has 94 valence electrons. The van der Waals surface area contributed by atoms with Gasteiger partial charge in [0.2, 0.25) is 0 Å². The third-order valence-corrected chi connectivity index (χ3v) is 2.66. The maximum Gasteiger partial charge on any atom is 0.255 e. The Bertz CT molecular complexity index is 399. The molecule has 3 nitrogen and oxygen atoms in total. The number of carbonyl (C=O) groups is 1. The molecule has 1 aromatic carbocycles. The van der Waals surface area contributed by atoms with Crippen molar-refractivity contribution in [2.75, 3.05) is 26.0 Å². The minimum Gasteiger partial charge on any atom is -0.387 e. The lowest BCUT2D eigenvalue weighted by molar-refractivity contribution is 0.0780. The summed E-state index contributed by atoms with van der Waals surface area (Å²) in [4.78, 5) is 14.0. The SMILES string of the molecule is CNc1cc(C)ccc1C(=O)N(C)CC(C)C. The van der Waals surface area contributed by atoms with Crippen LogP contribution in [-0.4, -0.2) is 31.4 Å². The number of hydrogen-bond donors (Lipinski definition) is 1. The van der Waals surface area contributed by atoms with Crippen molar-refractivity contribution < 1.29 is 4.79 Å². The van der Waals surface area contributed by atoms with Crippen LogP contribution >= 0.6 is 0 Å². The fourth-order valence-corrected chi connectivity index (χ4v) is 1.89. The van der Waals surface area contributed by atoms with Gasteiger partial charge in [-0.2, -0.15) is 0 Å².